The smallest absolute Gasteiger partial charge is 0.314 e. The van der Waals surface area contributed by atoms with E-state index in [1.807, 2.05) is 6.20 Å². The van der Waals surface area contributed by atoms with Gasteiger partial charge in [0.05, 0.1) is 18.7 Å². The van der Waals surface area contributed by atoms with Gasteiger partial charge in [0.1, 0.15) is 5.82 Å². The first-order chi connectivity index (χ1) is 9.31. The maximum atomic E-state index is 11.8. The van der Waals surface area contributed by atoms with Crippen LogP contribution in [0.2, 0.25) is 0 Å². The van der Waals surface area contributed by atoms with Gasteiger partial charge >= 0.3 is 5.97 Å². The van der Waals surface area contributed by atoms with E-state index in [1.54, 1.807) is 0 Å². The van der Waals surface area contributed by atoms with E-state index < -0.39 is 0 Å². The molecular weight excluding hydrogens is 244 g/mol. The van der Waals surface area contributed by atoms with Gasteiger partial charge < -0.3 is 14.0 Å². The topological polar surface area (TPSA) is 53.4 Å². The van der Waals surface area contributed by atoms with Crippen LogP contribution >= 0.6 is 0 Å². The van der Waals surface area contributed by atoms with Crippen molar-refractivity contribution in [1.29, 1.82) is 0 Å². The quantitative estimate of drug-likeness (QED) is 0.765. The summed E-state index contributed by atoms with van der Waals surface area (Å²) in [4.78, 5) is 16.4. The molecule has 0 bridgehead atoms. The molecule has 0 saturated carbocycles. The lowest BCUT2D eigenvalue weighted by Crippen LogP contribution is -2.25. The predicted octanol–water partition coefficient (Wildman–Crippen LogP) is 1.83. The maximum Gasteiger partial charge on any atom is 0.314 e. The average molecular weight is 264 g/mol. The number of aromatic nitrogens is 2. The number of carbonyl (C=O) groups excluding carboxylic acids is 1. The molecule has 1 aromatic heterocycles. The highest BCUT2D eigenvalue weighted by Gasteiger charge is 2.31. The summed E-state index contributed by atoms with van der Waals surface area (Å²) in [5.74, 6) is 1.32. The Morgan fingerprint density at radius 2 is 2.21 bits per heavy atom. The lowest BCUT2D eigenvalue weighted by Gasteiger charge is -2.27. The molecule has 0 spiro atoms. The Kier molecular flexibility index (Phi) is 3.55. The summed E-state index contributed by atoms with van der Waals surface area (Å²) in [6.45, 7) is 2.59. The van der Waals surface area contributed by atoms with Crippen LogP contribution in [0.25, 0.3) is 0 Å². The number of fused-ring (bicyclic) bond motifs is 1. The third kappa shape index (κ3) is 2.27. The maximum absolute atomic E-state index is 11.8. The number of rotatable bonds is 2. The van der Waals surface area contributed by atoms with Gasteiger partial charge in [-0.25, -0.2) is 4.98 Å². The third-order valence-corrected chi connectivity index (χ3v) is 4.22. The van der Waals surface area contributed by atoms with E-state index in [-0.39, 0.29) is 11.9 Å². The number of nitrogens with zero attached hydrogens (tertiary/aromatic N) is 2. The molecule has 0 aromatic carbocycles. The number of hydrogen-bond acceptors (Lipinski definition) is 4. The van der Waals surface area contributed by atoms with Crippen LogP contribution in [0, 0.1) is 0 Å². The fraction of sp³-hybridized carbons (Fsp3) is 0.714. The van der Waals surface area contributed by atoms with Crippen LogP contribution in [-0.2, 0) is 20.8 Å². The van der Waals surface area contributed by atoms with E-state index in [4.69, 9.17) is 9.47 Å². The van der Waals surface area contributed by atoms with Crippen molar-refractivity contribution in [3.05, 3.63) is 17.7 Å². The molecular formula is C14H20N2O3. The van der Waals surface area contributed by atoms with E-state index in [9.17, 15) is 4.79 Å². The van der Waals surface area contributed by atoms with Crippen LogP contribution in [0.3, 0.4) is 0 Å². The molecule has 5 heteroatoms. The predicted molar refractivity (Wildman–Crippen MR) is 69.0 cm³/mol. The Balaban J connectivity index is 1.89. The number of ether oxygens (including phenoxy) is 2. The van der Waals surface area contributed by atoms with Crippen molar-refractivity contribution in [1.82, 2.24) is 9.55 Å². The van der Waals surface area contributed by atoms with Gasteiger partial charge in [0.15, 0.2) is 0 Å². The Hall–Kier alpha value is -1.36. The first kappa shape index (κ1) is 12.7. The number of carbonyl (C=O) groups is 1. The highest BCUT2D eigenvalue weighted by molar-refractivity contribution is 5.77. The van der Waals surface area contributed by atoms with Gasteiger partial charge in [0.2, 0.25) is 0 Å². The van der Waals surface area contributed by atoms with Gasteiger partial charge in [-0.05, 0) is 25.7 Å². The molecule has 0 radical (unpaired) electrons. The minimum atomic E-state index is -0.139. The zero-order valence-corrected chi connectivity index (χ0v) is 11.3. The van der Waals surface area contributed by atoms with Gasteiger partial charge in [-0.1, -0.05) is 0 Å². The zero-order valence-electron chi connectivity index (χ0n) is 11.3. The van der Waals surface area contributed by atoms with Crippen molar-refractivity contribution in [2.24, 2.45) is 0 Å². The number of hydrogen-bond donors (Lipinski definition) is 0. The highest BCUT2D eigenvalue weighted by Crippen LogP contribution is 2.34. The molecule has 1 fully saturated rings. The number of esters is 1. The van der Waals surface area contributed by atoms with Gasteiger partial charge in [0.25, 0.3) is 0 Å². The normalized spacial score (nSPS) is 23.9. The monoisotopic (exact) mass is 264 g/mol. The molecule has 0 aliphatic carbocycles. The molecule has 2 aliphatic heterocycles. The van der Waals surface area contributed by atoms with Crippen molar-refractivity contribution >= 4 is 5.97 Å². The van der Waals surface area contributed by atoms with E-state index in [0.717, 1.165) is 57.0 Å². The minimum Gasteiger partial charge on any atom is -0.469 e. The van der Waals surface area contributed by atoms with Crippen LogP contribution in [0.4, 0.5) is 0 Å². The molecule has 0 N–H and O–H groups in total. The Morgan fingerprint density at radius 3 is 2.95 bits per heavy atom. The second-order valence-corrected chi connectivity index (χ2v) is 5.30. The Bertz CT molecular complexity index is 463. The fourth-order valence-corrected chi connectivity index (χ4v) is 3.19. The molecule has 1 atom stereocenters. The van der Waals surface area contributed by atoms with Crippen molar-refractivity contribution in [3.63, 3.8) is 0 Å². The minimum absolute atomic E-state index is 0.139. The largest absolute Gasteiger partial charge is 0.469 e. The van der Waals surface area contributed by atoms with Crippen LogP contribution in [0.15, 0.2) is 6.20 Å². The van der Waals surface area contributed by atoms with E-state index in [2.05, 4.69) is 9.55 Å². The molecule has 0 amide bonds. The molecule has 3 rings (SSSR count). The van der Waals surface area contributed by atoms with Crippen LogP contribution in [0.5, 0.6) is 0 Å². The third-order valence-electron chi connectivity index (χ3n) is 4.22. The van der Waals surface area contributed by atoms with Crippen LogP contribution in [-0.4, -0.2) is 35.8 Å². The van der Waals surface area contributed by atoms with Crippen molar-refractivity contribution in [2.75, 3.05) is 20.3 Å². The fourth-order valence-electron chi connectivity index (χ4n) is 3.19. The highest BCUT2D eigenvalue weighted by atomic mass is 16.5. The number of imidazole rings is 1. The van der Waals surface area contributed by atoms with Crippen LogP contribution in [0.1, 0.15) is 49.0 Å². The van der Waals surface area contributed by atoms with E-state index in [0.29, 0.717) is 5.92 Å². The molecule has 19 heavy (non-hydrogen) atoms. The van der Waals surface area contributed by atoms with Crippen molar-refractivity contribution in [3.8, 4) is 0 Å². The summed E-state index contributed by atoms with van der Waals surface area (Å²) in [6.07, 6.45) is 5.80. The first-order valence-corrected chi connectivity index (χ1v) is 7.02. The van der Waals surface area contributed by atoms with Crippen molar-refractivity contribution in [2.45, 2.75) is 44.1 Å². The van der Waals surface area contributed by atoms with Gasteiger partial charge in [0, 0.05) is 31.9 Å². The van der Waals surface area contributed by atoms with E-state index in [1.165, 1.54) is 7.11 Å². The summed E-state index contributed by atoms with van der Waals surface area (Å²) >= 11 is 0. The van der Waals surface area contributed by atoms with Crippen LogP contribution < -0.4 is 0 Å². The Labute approximate surface area is 112 Å². The lowest BCUT2D eigenvalue weighted by molar-refractivity contribution is -0.143. The molecule has 1 unspecified atom stereocenters. The van der Waals surface area contributed by atoms with Crippen molar-refractivity contribution < 1.29 is 14.3 Å². The average Bonchev–Trinajstić information content (AvgIpc) is 2.91. The molecule has 3 heterocycles. The molecule has 1 aromatic rings. The summed E-state index contributed by atoms with van der Waals surface area (Å²) in [7, 11) is 1.46. The second-order valence-electron chi connectivity index (χ2n) is 5.30. The Morgan fingerprint density at radius 1 is 1.42 bits per heavy atom. The van der Waals surface area contributed by atoms with E-state index >= 15 is 0 Å². The molecule has 5 nitrogen and oxygen atoms in total. The summed E-state index contributed by atoms with van der Waals surface area (Å²) in [5, 5.41) is 0. The molecule has 1 saturated heterocycles. The lowest BCUT2D eigenvalue weighted by atomic mass is 9.95. The first-order valence-electron chi connectivity index (χ1n) is 7.02. The summed E-state index contributed by atoms with van der Waals surface area (Å²) in [6, 6.07) is 0. The summed E-state index contributed by atoms with van der Waals surface area (Å²) < 4.78 is 12.5. The van der Waals surface area contributed by atoms with Gasteiger partial charge in [-0.2, -0.15) is 0 Å². The van der Waals surface area contributed by atoms with Gasteiger partial charge in [-0.3, -0.25) is 4.79 Å². The second kappa shape index (κ2) is 5.33. The number of methoxy groups -OCH3 is 1. The zero-order chi connectivity index (χ0) is 13.2. The van der Waals surface area contributed by atoms with Gasteiger partial charge in [-0.15, -0.1) is 0 Å². The standard InChI is InChI=1S/C14H20N2O3/c1-18-14(17)11-3-2-6-16-12(11)9-15-13(16)10-4-7-19-8-5-10/h9-11H,2-8H2,1H3. The molecule has 2 aliphatic rings. The molecule has 104 valence electrons. The summed E-state index contributed by atoms with van der Waals surface area (Å²) in [5.41, 5.74) is 1.03. The SMILES string of the molecule is COC(=O)C1CCCn2c1cnc2C1CCOCC1.